The molecule has 0 fully saturated rings. The first-order valence-corrected chi connectivity index (χ1v) is 8.91. The smallest absolute Gasteiger partial charge is 0.151 e. The zero-order valence-electron chi connectivity index (χ0n) is 11.9. The Morgan fingerprint density at radius 2 is 2.10 bits per heavy atom. The standard InChI is InChI=1S/C14H19ClN2O2S/c1-4-20(18,19)9-8-17-12-7-5-6-10(2)13(12)16-14(17)11(3)15/h5-7,11H,4,8-9H2,1-3H3. The van der Waals surface area contributed by atoms with Crippen molar-refractivity contribution in [3.05, 3.63) is 29.6 Å². The molecule has 6 heteroatoms. The van der Waals surface area contributed by atoms with E-state index in [4.69, 9.17) is 11.6 Å². The average Bonchev–Trinajstić information content (AvgIpc) is 2.77. The second-order valence-corrected chi connectivity index (χ2v) is 8.04. The molecule has 0 radical (unpaired) electrons. The van der Waals surface area contributed by atoms with Crippen molar-refractivity contribution in [1.82, 2.24) is 9.55 Å². The fourth-order valence-corrected chi connectivity index (χ4v) is 3.13. The van der Waals surface area contributed by atoms with Gasteiger partial charge in [0.2, 0.25) is 0 Å². The van der Waals surface area contributed by atoms with Crippen LogP contribution in [0.1, 0.15) is 30.6 Å². The quantitative estimate of drug-likeness (QED) is 0.797. The second-order valence-electron chi connectivity index (χ2n) is 4.92. The summed E-state index contributed by atoms with van der Waals surface area (Å²) in [7, 11) is -3.01. The summed E-state index contributed by atoms with van der Waals surface area (Å²) in [5.74, 6) is 0.992. The minimum Gasteiger partial charge on any atom is -0.326 e. The van der Waals surface area contributed by atoms with Crippen LogP contribution in [0.5, 0.6) is 0 Å². The minimum atomic E-state index is -3.01. The van der Waals surface area contributed by atoms with Crippen LogP contribution in [0.15, 0.2) is 18.2 Å². The largest absolute Gasteiger partial charge is 0.326 e. The zero-order valence-corrected chi connectivity index (χ0v) is 13.5. The van der Waals surface area contributed by atoms with Gasteiger partial charge in [0, 0.05) is 12.3 Å². The summed E-state index contributed by atoms with van der Waals surface area (Å²) in [4.78, 5) is 4.57. The SMILES string of the molecule is CCS(=O)(=O)CCn1c(C(C)Cl)nc2c(C)cccc21. The minimum absolute atomic E-state index is 0.111. The molecule has 1 unspecified atom stereocenters. The van der Waals surface area contributed by atoms with E-state index < -0.39 is 9.84 Å². The summed E-state index contributed by atoms with van der Waals surface area (Å²) in [5.41, 5.74) is 2.90. The second kappa shape index (κ2) is 5.74. The van der Waals surface area contributed by atoms with Crippen LogP contribution < -0.4 is 0 Å². The summed E-state index contributed by atoms with van der Waals surface area (Å²) in [6.07, 6.45) is 0. The van der Waals surface area contributed by atoms with Crippen LogP contribution in [0.25, 0.3) is 11.0 Å². The van der Waals surface area contributed by atoms with Gasteiger partial charge in [0.05, 0.1) is 22.2 Å². The number of para-hydroxylation sites is 1. The van der Waals surface area contributed by atoms with Crippen LogP contribution >= 0.6 is 11.6 Å². The Bertz CT molecular complexity index is 720. The Morgan fingerprint density at radius 1 is 1.40 bits per heavy atom. The van der Waals surface area contributed by atoms with Crippen molar-refractivity contribution in [1.29, 1.82) is 0 Å². The molecule has 2 rings (SSSR count). The molecule has 1 heterocycles. The molecule has 1 atom stereocenters. The van der Waals surface area contributed by atoms with Crippen LogP contribution in [0.2, 0.25) is 0 Å². The molecule has 4 nitrogen and oxygen atoms in total. The van der Waals surface area contributed by atoms with Crippen molar-refractivity contribution in [2.24, 2.45) is 0 Å². The van der Waals surface area contributed by atoms with Crippen molar-refractivity contribution in [2.45, 2.75) is 32.7 Å². The lowest BCUT2D eigenvalue weighted by atomic mass is 10.2. The van der Waals surface area contributed by atoms with Crippen LogP contribution in [0, 0.1) is 6.92 Å². The molecule has 0 saturated heterocycles. The van der Waals surface area contributed by atoms with Gasteiger partial charge in [-0.3, -0.25) is 0 Å². The van der Waals surface area contributed by atoms with Crippen LogP contribution in [-0.4, -0.2) is 29.5 Å². The lowest BCUT2D eigenvalue weighted by molar-refractivity contribution is 0.589. The molecule has 1 aromatic carbocycles. The van der Waals surface area contributed by atoms with E-state index >= 15 is 0 Å². The number of aryl methyl sites for hydroxylation is 2. The number of benzene rings is 1. The van der Waals surface area contributed by atoms with Gasteiger partial charge in [0.1, 0.15) is 5.82 Å². The first kappa shape index (κ1) is 15.3. The highest BCUT2D eigenvalue weighted by Gasteiger charge is 2.17. The molecule has 0 spiro atoms. The number of fused-ring (bicyclic) bond motifs is 1. The van der Waals surface area contributed by atoms with Gasteiger partial charge in [0.25, 0.3) is 0 Å². The number of aromatic nitrogens is 2. The fourth-order valence-electron chi connectivity index (χ4n) is 2.22. The molecule has 0 bridgehead atoms. The van der Waals surface area contributed by atoms with E-state index in [9.17, 15) is 8.42 Å². The van der Waals surface area contributed by atoms with Crippen molar-refractivity contribution in [3.8, 4) is 0 Å². The highest BCUT2D eigenvalue weighted by molar-refractivity contribution is 7.91. The predicted molar refractivity (Wildman–Crippen MR) is 83.1 cm³/mol. The molecular weight excluding hydrogens is 296 g/mol. The molecule has 0 aliphatic rings. The van der Waals surface area contributed by atoms with Crippen molar-refractivity contribution >= 4 is 32.5 Å². The summed E-state index contributed by atoms with van der Waals surface area (Å²) in [6.45, 7) is 5.90. The number of imidazole rings is 1. The monoisotopic (exact) mass is 314 g/mol. The molecule has 0 amide bonds. The molecule has 1 aromatic heterocycles. The first-order valence-electron chi connectivity index (χ1n) is 6.66. The molecule has 0 N–H and O–H groups in total. The van der Waals surface area contributed by atoms with Gasteiger partial charge < -0.3 is 4.57 Å². The van der Waals surface area contributed by atoms with E-state index in [1.165, 1.54) is 0 Å². The maximum absolute atomic E-state index is 11.7. The van der Waals surface area contributed by atoms with E-state index in [2.05, 4.69) is 4.98 Å². The van der Waals surface area contributed by atoms with Gasteiger partial charge in [-0.25, -0.2) is 13.4 Å². The Labute approximate surface area is 124 Å². The van der Waals surface area contributed by atoms with Crippen molar-refractivity contribution in [3.63, 3.8) is 0 Å². The van der Waals surface area contributed by atoms with E-state index in [0.29, 0.717) is 6.54 Å². The molecule has 0 aliphatic heterocycles. The molecule has 0 aliphatic carbocycles. The van der Waals surface area contributed by atoms with Gasteiger partial charge in [-0.2, -0.15) is 0 Å². The first-order chi connectivity index (χ1) is 9.35. The number of halogens is 1. The van der Waals surface area contributed by atoms with Crippen LogP contribution in [0.4, 0.5) is 0 Å². The van der Waals surface area contributed by atoms with Gasteiger partial charge in [-0.1, -0.05) is 19.1 Å². The molecule has 20 heavy (non-hydrogen) atoms. The van der Waals surface area contributed by atoms with E-state index in [0.717, 1.165) is 22.4 Å². The Balaban J connectivity index is 2.50. The van der Waals surface area contributed by atoms with Crippen molar-refractivity contribution in [2.75, 3.05) is 11.5 Å². The third-order valence-electron chi connectivity index (χ3n) is 3.43. The number of alkyl halides is 1. The summed E-state index contributed by atoms with van der Waals surface area (Å²) < 4.78 is 25.3. The van der Waals surface area contributed by atoms with Crippen LogP contribution in [-0.2, 0) is 16.4 Å². The van der Waals surface area contributed by atoms with Gasteiger partial charge in [0.15, 0.2) is 9.84 Å². The van der Waals surface area contributed by atoms with E-state index in [1.54, 1.807) is 6.92 Å². The van der Waals surface area contributed by atoms with E-state index in [1.807, 2.05) is 36.6 Å². The number of nitrogens with zero attached hydrogens (tertiary/aromatic N) is 2. The molecule has 2 aromatic rings. The maximum Gasteiger partial charge on any atom is 0.151 e. The third-order valence-corrected chi connectivity index (χ3v) is 5.31. The topological polar surface area (TPSA) is 52.0 Å². The number of hydrogen-bond donors (Lipinski definition) is 0. The Kier molecular flexibility index (Phi) is 4.39. The summed E-state index contributed by atoms with van der Waals surface area (Å²) in [5, 5.41) is -0.258. The average molecular weight is 315 g/mol. The van der Waals surface area contributed by atoms with Gasteiger partial charge >= 0.3 is 0 Å². The Morgan fingerprint density at radius 3 is 2.70 bits per heavy atom. The summed E-state index contributed by atoms with van der Waals surface area (Å²) in [6, 6.07) is 5.90. The van der Waals surface area contributed by atoms with Gasteiger partial charge in [-0.05, 0) is 25.5 Å². The third kappa shape index (κ3) is 2.99. The predicted octanol–water partition coefficient (Wildman–Crippen LogP) is 3.08. The normalized spacial score (nSPS) is 13.8. The summed E-state index contributed by atoms with van der Waals surface area (Å²) >= 11 is 6.18. The molecular formula is C14H19ClN2O2S. The molecule has 0 saturated carbocycles. The number of sulfone groups is 1. The fraction of sp³-hybridized carbons (Fsp3) is 0.500. The number of rotatable bonds is 5. The zero-order chi connectivity index (χ0) is 14.9. The highest BCUT2D eigenvalue weighted by Crippen LogP contribution is 2.26. The lowest BCUT2D eigenvalue weighted by Crippen LogP contribution is -2.16. The Hall–Kier alpha value is -1.07. The highest BCUT2D eigenvalue weighted by atomic mass is 35.5. The molecule has 110 valence electrons. The van der Waals surface area contributed by atoms with E-state index in [-0.39, 0.29) is 16.9 Å². The van der Waals surface area contributed by atoms with Crippen molar-refractivity contribution < 1.29 is 8.42 Å². The lowest BCUT2D eigenvalue weighted by Gasteiger charge is -2.10. The maximum atomic E-state index is 11.7. The van der Waals surface area contributed by atoms with Crippen LogP contribution in [0.3, 0.4) is 0 Å². The number of hydrogen-bond acceptors (Lipinski definition) is 3. The van der Waals surface area contributed by atoms with Gasteiger partial charge in [-0.15, -0.1) is 11.6 Å².